The fourth-order valence-corrected chi connectivity index (χ4v) is 2.49. The average molecular weight is 234 g/mol. The van der Waals surface area contributed by atoms with Crippen LogP contribution in [0.2, 0.25) is 0 Å². The van der Waals surface area contributed by atoms with Gasteiger partial charge in [0.25, 0.3) is 0 Å². The van der Waals surface area contributed by atoms with Gasteiger partial charge in [-0.3, -0.25) is 9.56 Å². The number of rotatable bonds is 1. The van der Waals surface area contributed by atoms with E-state index in [0.29, 0.717) is 12.0 Å². The van der Waals surface area contributed by atoms with Crippen LogP contribution in [0.25, 0.3) is 0 Å². The third kappa shape index (κ3) is 1.84. The number of anilines is 1. The Labute approximate surface area is 101 Å². The van der Waals surface area contributed by atoms with Gasteiger partial charge < -0.3 is 10.1 Å². The molecule has 1 fully saturated rings. The molecule has 0 aromatic carbocycles. The molecule has 0 amide bonds. The van der Waals surface area contributed by atoms with Gasteiger partial charge in [0.15, 0.2) is 0 Å². The largest absolute Gasteiger partial charge is 0.355 e. The highest BCUT2D eigenvalue weighted by molar-refractivity contribution is 5.76. The first-order valence-electron chi connectivity index (χ1n) is 6.22. The van der Waals surface area contributed by atoms with Crippen LogP contribution in [0.15, 0.2) is 11.3 Å². The Morgan fingerprint density at radius 2 is 2.29 bits per heavy atom. The van der Waals surface area contributed by atoms with Gasteiger partial charge in [-0.25, -0.2) is 4.98 Å². The lowest BCUT2D eigenvalue weighted by Gasteiger charge is -2.16. The molecule has 3 atom stereocenters. The second kappa shape index (κ2) is 4.14. The summed E-state index contributed by atoms with van der Waals surface area (Å²) < 4.78 is 7.99. The summed E-state index contributed by atoms with van der Waals surface area (Å²) in [5.74, 6) is 1.40. The lowest BCUT2D eigenvalue weighted by molar-refractivity contribution is 0.0122. The van der Waals surface area contributed by atoms with Crippen molar-refractivity contribution in [2.75, 3.05) is 11.9 Å². The third-order valence-corrected chi connectivity index (χ3v) is 3.48. The van der Waals surface area contributed by atoms with E-state index >= 15 is 0 Å². The number of nitrogens with one attached hydrogen (secondary N) is 1. The molecule has 0 aliphatic carbocycles. The summed E-state index contributed by atoms with van der Waals surface area (Å²) in [5, 5.41) is 3.22. The first kappa shape index (κ1) is 10.8. The molecule has 1 aromatic heterocycles. The number of ether oxygens (including phenoxy) is 1. The number of hydrogen-bond donors (Lipinski definition) is 1. The van der Waals surface area contributed by atoms with Crippen LogP contribution in [-0.2, 0) is 4.74 Å². The van der Waals surface area contributed by atoms with Gasteiger partial charge in [-0.15, -0.1) is 0 Å². The van der Waals surface area contributed by atoms with Crippen molar-refractivity contribution >= 4 is 12.2 Å². The molecule has 3 rings (SSSR count). The monoisotopic (exact) mass is 234 g/mol. The molecule has 5 nitrogen and oxygen atoms in total. The fraction of sp³-hybridized carbons (Fsp3) is 0.667. The quantitative estimate of drug-likeness (QED) is 0.810. The Hall–Kier alpha value is -1.36. The van der Waals surface area contributed by atoms with Crippen LogP contribution in [0.3, 0.4) is 0 Å². The smallest absolute Gasteiger partial charge is 0.137 e. The summed E-state index contributed by atoms with van der Waals surface area (Å²) in [7, 11) is 0. The molecule has 0 spiro atoms. The van der Waals surface area contributed by atoms with Crippen molar-refractivity contribution in [2.24, 2.45) is 4.99 Å². The lowest BCUT2D eigenvalue weighted by atomic mass is 10.1. The van der Waals surface area contributed by atoms with Crippen molar-refractivity contribution in [3.8, 4) is 0 Å². The second-order valence-electron chi connectivity index (χ2n) is 4.90. The van der Waals surface area contributed by atoms with Gasteiger partial charge in [-0.05, 0) is 19.8 Å². The first-order chi connectivity index (χ1) is 8.25. The summed E-state index contributed by atoms with van der Waals surface area (Å²) in [6.07, 6.45) is 6.27. The van der Waals surface area contributed by atoms with E-state index in [-0.39, 0.29) is 6.23 Å². The minimum absolute atomic E-state index is 0.118. The topological polar surface area (TPSA) is 51.4 Å². The summed E-state index contributed by atoms with van der Waals surface area (Å²) in [6.45, 7) is 5.06. The minimum Gasteiger partial charge on any atom is -0.355 e. The van der Waals surface area contributed by atoms with Gasteiger partial charge in [-0.2, -0.15) is 0 Å². The van der Waals surface area contributed by atoms with E-state index in [1.165, 1.54) is 0 Å². The van der Waals surface area contributed by atoms with Gasteiger partial charge >= 0.3 is 0 Å². The van der Waals surface area contributed by atoms with Crippen LogP contribution in [-0.4, -0.2) is 28.5 Å². The molecule has 1 N–H and O–H groups in total. The zero-order chi connectivity index (χ0) is 11.8. The zero-order valence-corrected chi connectivity index (χ0v) is 10.3. The number of nitrogens with zero attached hydrogens (tertiary/aromatic N) is 3. The van der Waals surface area contributed by atoms with Crippen LogP contribution in [0, 0.1) is 0 Å². The minimum atomic E-state index is 0.118. The molecule has 0 bridgehead atoms. The van der Waals surface area contributed by atoms with Crippen LogP contribution >= 0.6 is 0 Å². The molecule has 0 radical (unpaired) electrons. The van der Waals surface area contributed by atoms with Crippen molar-refractivity contribution in [1.82, 2.24) is 9.55 Å². The van der Waals surface area contributed by atoms with Gasteiger partial charge in [-0.1, -0.05) is 6.92 Å². The van der Waals surface area contributed by atoms with Crippen molar-refractivity contribution in [2.45, 2.75) is 44.9 Å². The predicted molar refractivity (Wildman–Crippen MR) is 66.4 cm³/mol. The van der Waals surface area contributed by atoms with Crippen LogP contribution < -0.4 is 5.32 Å². The molecule has 92 valence electrons. The molecule has 5 heteroatoms. The fourth-order valence-electron chi connectivity index (χ4n) is 2.49. The lowest BCUT2D eigenvalue weighted by Crippen LogP contribution is -2.12. The molecule has 0 saturated carbocycles. The maximum Gasteiger partial charge on any atom is 0.137 e. The van der Waals surface area contributed by atoms with E-state index in [1.54, 1.807) is 6.34 Å². The first-order valence-corrected chi connectivity index (χ1v) is 6.22. The standard InChI is InChI=1S/C12H18N4O/c1-8-5-13-6-14-12-11(8)15-7-16(12)10-4-3-9(2)17-10/h6-10H,3-5H2,1-2H3,(H,13,14)/t8-,9-,10?/m1/s1. The summed E-state index contributed by atoms with van der Waals surface area (Å²) in [4.78, 5) is 8.80. The second-order valence-corrected chi connectivity index (χ2v) is 4.90. The maximum atomic E-state index is 5.89. The maximum absolute atomic E-state index is 5.89. The molecule has 1 aromatic rings. The Kier molecular flexibility index (Phi) is 2.63. The van der Waals surface area contributed by atoms with Crippen LogP contribution in [0.4, 0.5) is 5.82 Å². The van der Waals surface area contributed by atoms with E-state index in [2.05, 4.69) is 33.7 Å². The third-order valence-electron chi connectivity index (χ3n) is 3.48. The molecule has 2 aliphatic heterocycles. The van der Waals surface area contributed by atoms with Crippen LogP contribution in [0.5, 0.6) is 0 Å². The van der Waals surface area contributed by atoms with Gasteiger partial charge in [0, 0.05) is 12.5 Å². The van der Waals surface area contributed by atoms with Crippen molar-refractivity contribution < 1.29 is 4.74 Å². The Balaban J connectivity index is 1.94. The van der Waals surface area contributed by atoms with E-state index < -0.39 is 0 Å². The summed E-state index contributed by atoms with van der Waals surface area (Å²) in [5.41, 5.74) is 1.09. The van der Waals surface area contributed by atoms with E-state index in [0.717, 1.165) is 30.9 Å². The van der Waals surface area contributed by atoms with Gasteiger partial charge in [0.2, 0.25) is 0 Å². The highest BCUT2D eigenvalue weighted by Gasteiger charge is 2.27. The predicted octanol–water partition coefficient (Wildman–Crippen LogP) is 2.14. The van der Waals surface area contributed by atoms with Crippen molar-refractivity contribution in [3.63, 3.8) is 0 Å². The van der Waals surface area contributed by atoms with Crippen molar-refractivity contribution in [1.29, 1.82) is 0 Å². The molecule has 1 unspecified atom stereocenters. The highest BCUT2D eigenvalue weighted by Crippen LogP contribution is 2.34. The van der Waals surface area contributed by atoms with Crippen LogP contribution in [0.1, 0.15) is 44.5 Å². The van der Waals surface area contributed by atoms with Gasteiger partial charge in [0.1, 0.15) is 12.0 Å². The number of aliphatic imine (C=N–C) groups is 1. The Bertz CT molecular complexity index is 440. The highest BCUT2D eigenvalue weighted by atomic mass is 16.5. The number of imidazole rings is 1. The molecule has 1 saturated heterocycles. The van der Waals surface area contributed by atoms with Crippen molar-refractivity contribution in [3.05, 3.63) is 12.0 Å². The number of fused-ring (bicyclic) bond motifs is 1. The number of aromatic nitrogens is 2. The van der Waals surface area contributed by atoms with E-state index in [1.807, 2.05) is 6.33 Å². The van der Waals surface area contributed by atoms with E-state index in [9.17, 15) is 0 Å². The summed E-state index contributed by atoms with van der Waals surface area (Å²) >= 11 is 0. The number of hydrogen-bond acceptors (Lipinski definition) is 4. The van der Waals surface area contributed by atoms with E-state index in [4.69, 9.17) is 4.74 Å². The molecule has 17 heavy (non-hydrogen) atoms. The Morgan fingerprint density at radius 1 is 1.41 bits per heavy atom. The molecule has 2 aliphatic rings. The molecule has 3 heterocycles. The Morgan fingerprint density at radius 3 is 3.06 bits per heavy atom. The summed E-state index contributed by atoms with van der Waals surface area (Å²) in [6, 6.07) is 0. The van der Waals surface area contributed by atoms with Gasteiger partial charge in [0.05, 0.1) is 24.5 Å². The zero-order valence-electron chi connectivity index (χ0n) is 10.3. The molecular weight excluding hydrogens is 216 g/mol. The molecular formula is C12H18N4O. The normalized spacial score (nSPS) is 32.0. The average Bonchev–Trinajstić information content (AvgIpc) is 2.86. The SMILES string of the molecule is C[C@@H]1CCC(n2cnc3c2NC=NC[C@H]3C)O1.